The molecular weight excluding hydrogens is 284 g/mol. The van der Waals surface area contributed by atoms with E-state index in [1.807, 2.05) is 17.0 Å². The quantitative estimate of drug-likeness (QED) is 0.853. The van der Waals surface area contributed by atoms with E-state index in [9.17, 15) is 9.59 Å². The van der Waals surface area contributed by atoms with Crippen LogP contribution in [0.15, 0.2) is 24.3 Å². The minimum Gasteiger partial charge on any atom is -0.496 e. The van der Waals surface area contributed by atoms with E-state index in [0.717, 1.165) is 12.8 Å². The molecule has 0 aliphatic carbocycles. The Kier molecular flexibility index (Phi) is 4.18. The highest BCUT2D eigenvalue weighted by Gasteiger charge is 2.33. The zero-order valence-electron chi connectivity index (χ0n) is 12.7. The largest absolute Gasteiger partial charge is 0.496 e. The van der Waals surface area contributed by atoms with Crippen molar-refractivity contribution >= 4 is 12.0 Å². The number of likely N-dealkylation sites (tertiary alicyclic amines) is 1. The molecule has 2 aliphatic rings. The summed E-state index contributed by atoms with van der Waals surface area (Å²) in [6.45, 7) is 2.42. The van der Waals surface area contributed by atoms with E-state index in [1.54, 1.807) is 24.1 Å². The number of ether oxygens (including phenoxy) is 2. The van der Waals surface area contributed by atoms with E-state index in [2.05, 4.69) is 0 Å². The number of hydrogen-bond acceptors (Lipinski definition) is 4. The average Bonchev–Trinajstić information content (AvgIpc) is 3.00. The summed E-state index contributed by atoms with van der Waals surface area (Å²) in [5.74, 6) is 0.581. The van der Waals surface area contributed by atoms with Gasteiger partial charge in [-0.05, 0) is 25.0 Å². The second-order valence-corrected chi connectivity index (χ2v) is 5.53. The molecule has 0 N–H and O–H groups in total. The summed E-state index contributed by atoms with van der Waals surface area (Å²) in [6.07, 6.45) is 1.35. The van der Waals surface area contributed by atoms with Crippen molar-refractivity contribution in [3.05, 3.63) is 29.8 Å². The molecule has 22 heavy (non-hydrogen) atoms. The van der Waals surface area contributed by atoms with Gasteiger partial charge in [0.2, 0.25) is 0 Å². The molecule has 0 spiro atoms. The van der Waals surface area contributed by atoms with Crippen LogP contribution < -0.4 is 4.74 Å². The topological polar surface area (TPSA) is 59.1 Å². The van der Waals surface area contributed by atoms with E-state index in [-0.39, 0.29) is 18.0 Å². The number of hydrogen-bond donors (Lipinski definition) is 0. The Morgan fingerprint density at radius 2 is 1.95 bits per heavy atom. The number of benzene rings is 1. The number of piperidine rings is 1. The summed E-state index contributed by atoms with van der Waals surface area (Å²) in [5, 5.41) is 0. The third-order valence-electron chi connectivity index (χ3n) is 4.32. The lowest BCUT2D eigenvalue weighted by Gasteiger charge is -2.35. The van der Waals surface area contributed by atoms with E-state index in [1.165, 1.54) is 0 Å². The first-order chi connectivity index (χ1) is 10.7. The Morgan fingerprint density at radius 3 is 2.59 bits per heavy atom. The minimum absolute atomic E-state index is 0.0140. The number of methoxy groups -OCH3 is 1. The first-order valence-electron chi connectivity index (χ1n) is 7.56. The van der Waals surface area contributed by atoms with Gasteiger partial charge in [-0.15, -0.1) is 0 Å². The predicted molar refractivity (Wildman–Crippen MR) is 80.0 cm³/mol. The smallest absolute Gasteiger partial charge is 0.410 e. The van der Waals surface area contributed by atoms with Gasteiger partial charge in [-0.3, -0.25) is 4.79 Å². The molecule has 0 atom stereocenters. The van der Waals surface area contributed by atoms with Gasteiger partial charge in [0.15, 0.2) is 0 Å². The zero-order valence-corrected chi connectivity index (χ0v) is 12.7. The van der Waals surface area contributed by atoms with Crippen LogP contribution in [-0.4, -0.2) is 61.2 Å². The first kappa shape index (κ1) is 14.7. The van der Waals surface area contributed by atoms with Crippen molar-refractivity contribution in [3.63, 3.8) is 0 Å². The summed E-state index contributed by atoms with van der Waals surface area (Å²) in [4.78, 5) is 27.8. The molecular formula is C16H20N2O4. The average molecular weight is 304 g/mol. The molecule has 0 bridgehead atoms. The van der Waals surface area contributed by atoms with Crippen LogP contribution in [0.2, 0.25) is 0 Å². The number of cyclic esters (lactones) is 1. The van der Waals surface area contributed by atoms with Crippen molar-refractivity contribution in [2.75, 3.05) is 33.4 Å². The van der Waals surface area contributed by atoms with E-state index < -0.39 is 0 Å². The Balaban J connectivity index is 1.63. The normalized spacial score (nSPS) is 19.2. The summed E-state index contributed by atoms with van der Waals surface area (Å²) < 4.78 is 10.2. The Morgan fingerprint density at radius 1 is 1.23 bits per heavy atom. The van der Waals surface area contributed by atoms with E-state index in [4.69, 9.17) is 9.47 Å². The molecule has 1 aromatic rings. The van der Waals surface area contributed by atoms with Crippen LogP contribution in [0.5, 0.6) is 5.75 Å². The van der Waals surface area contributed by atoms with Crippen molar-refractivity contribution in [2.24, 2.45) is 0 Å². The van der Waals surface area contributed by atoms with Crippen molar-refractivity contribution in [1.82, 2.24) is 9.80 Å². The number of nitrogens with zero attached hydrogens (tertiary/aromatic N) is 2. The lowest BCUT2D eigenvalue weighted by Crippen LogP contribution is -2.47. The summed E-state index contributed by atoms with van der Waals surface area (Å²) in [7, 11) is 1.57. The Labute approximate surface area is 129 Å². The number of para-hydroxylation sites is 1. The van der Waals surface area contributed by atoms with Gasteiger partial charge in [-0.2, -0.15) is 0 Å². The molecule has 0 saturated carbocycles. The number of rotatable bonds is 3. The maximum atomic E-state index is 12.6. The van der Waals surface area contributed by atoms with Crippen LogP contribution in [0.25, 0.3) is 0 Å². The highest BCUT2D eigenvalue weighted by molar-refractivity contribution is 5.97. The second kappa shape index (κ2) is 6.25. The van der Waals surface area contributed by atoms with Gasteiger partial charge in [0.05, 0.1) is 19.2 Å². The molecule has 6 heteroatoms. The van der Waals surface area contributed by atoms with Crippen LogP contribution in [0.1, 0.15) is 23.2 Å². The van der Waals surface area contributed by atoms with Crippen LogP contribution in [0, 0.1) is 0 Å². The molecule has 2 saturated heterocycles. The fraction of sp³-hybridized carbons (Fsp3) is 0.500. The van der Waals surface area contributed by atoms with Crippen LogP contribution in [-0.2, 0) is 4.74 Å². The van der Waals surface area contributed by atoms with Crippen molar-refractivity contribution in [3.8, 4) is 5.75 Å². The third-order valence-corrected chi connectivity index (χ3v) is 4.32. The minimum atomic E-state index is -0.227. The fourth-order valence-electron chi connectivity index (χ4n) is 3.11. The second-order valence-electron chi connectivity index (χ2n) is 5.53. The summed E-state index contributed by atoms with van der Waals surface area (Å²) in [5.41, 5.74) is 0.587. The Hall–Kier alpha value is -2.24. The van der Waals surface area contributed by atoms with E-state index >= 15 is 0 Å². The number of carbonyl (C=O) groups is 2. The van der Waals surface area contributed by atoms with Crippen molar-refractivity contribution < 1.29 is 19.1 Å². The highest BCUT2D eigenvalue weighted by atomic mass is 16.6. The van der Waals surface area contributed by atoms with Gasteiger partial charge in [-0.1, -0.05) is 12.1 Å². The Bertz CT molecular complexity index is 567. The van der Waals surface area contributed by atoms with Crippen LogP contribution in [0.4, 0.5) is 4.79 Å². The van der Waals surface area contributed by atoms with Gasteiger partial charge in [0.1, 0.15) is 12.4 Å². The molecule has 0 radical (unpaired) electrons. The van der Waals surface area contributed by atoms with Gasteiger partial charge >= 0.3 is 6.09 Å². The molecule has 3 rings (SSSR count). The monoisotopic (exact) mass is 304 g/mol. The first-order valence-corrected chi connectivity index (χ1v) is 7.56. The summed E-state index contributed by atoms with van der Waals surface area (Å²) in [6, 6.07) is 7.44. The van der Waals surface area contributed by atoms with Gasteiger partial charge in [0.25, 0.3) is 5.91 Å². The molecule has 2 heterocycles. The van der Waals surface area contributed by atoms with Crippen molar-refractivity contribution in [2.45, 2.75) is 18.9 Å². The molecule has 0 aromatic heterocycles. The lowest BCUT2D eigenvalue weighted by molar-refractivity contribution is 0.0655. The third kappa shape index (κ3) is 2.73. The fourth-order valence-corrected chi connectivity index (χ4v) is 3.11. The molecule has 118 valence electrons. The maximum absolute atomic E-state index is 12.6. The van der Waals surface area contributed by atoms with Crippen molar-refractivity contribution in [1.29, 1.82) is 0 Å². The number of carbonyl (C=O) groups excluding carboxylic acids is 2. The summed E-state index contributed by atoms with van der Waals surface area (Å²) >= 11 is 0. The standard InChI is InChI=1S/C16H20N2O4/c1-21-14-5-3-2-4-13(14)15(19)17-8-6-12(7-9-17)18-10-11-22-16(18)20/h2-5,12H,6-11H2,1H3. The molecule has 1 aromatic carbocycles. The number of amides is 2. The van der Waals surface area contributed by atoms with Crippen LogP contribution in [0.3, 0.4) is 0 Å². The highest BCUT2D eigenvalue weighted by Crippen LogP contribution is 2.24. The van der Waals surface area contributed by atoms with E-state index in [0.29, 0.717) is 37.6 Å². The molecule has 2 amide bonds. The van der Waals surface area contributed by atoms with Gasteiger partial charge in [-0.25, -0.2) is 4.79 Å². The van der Waals surface area contributed by atoms with Gasteiger partial charge < -0.3 is 19.3 Å². The SMILES string of the molecule is COc1ccccc1C(=O)N1CCC(N2CCOC2=O)CC1. The maximum Gasteiger partial charge on any atom is 0.410 e. The molecule has 2 aliphatic heterocycles. The lowest BCUT2D eigenvalue weighted by atomic mass is 10.0. The predicted octanol–water partition coefficient (Wildman–Crippen LogP) is 1.75. The van der Waals surface area contributed by atoms with Crippen LogP contribution >= 0.6 is 0 Å². The van der Waals surface area contributed by atoms with Gasteiger partial charge in [0, 0.05) is 19.1 Å². The zero-order chi connectivity index (χ0) is 15.5. The molecule has 2 fully saturated rings. The molecule has 6 nitrogen and oxygen atoms in total. The molecule has 0 unspecified atom stereocenters.